The van der Waals surface area contributed by atoms with Gasteiger partial charge in [0.1, 0.15) is 17.2 Å². The van der Waals surface area contributed by atoms with Gasteiger partial charge in [-0.3, -0.25) is 0 Å². The van der Waals surface area contributed by atoms with E-state index in [2.05, 4.69) is 10.6 Å². The maximum atomic E-state index is 13.4. The van der Waals surface area contributed by atoms with Crippen molar-refractivity contribution in [2.24, 2.45) is 0 Å². The molecule has 0 radical (unpaired) electrons. The Morgan fingerprint density at radius 2 is 1.62 bits per heavy atom. The van der Waals surface area contributed by atoms with Crippen LogP contribution in [0, 0.1) is 11.6 Å². The van der Waals surface area contributed by atoms with Crippen LogP contribution >= 0.6 is 0 Å². The number of carboxylic acids is 1. The Balaban J connectivity index is 2.15. The van der Waals surface area contributed by atoms with Crippen LogP contribution in [-0.2, 0) is 0 Å². The smallest absolute Gasteiger partial charge is 0.340 e. The van der Waals surface area contributed by atoms with Crippen molar-refractivity contribution in [3.05, 3.63) is 59.7 Å². The summed E-state index contributed by atoms with van der Waals surface area (Å²) in [4.78, 5) is 22.7. The summed E-state index contributed by atoms with van der Waals surface area (Å²) in [6.07, 6.45) is 0. The van der Waals surface area contributed by atoms with E-state index in [4.69, 9.17) is 5.11 Å². The Morgan fingerprint density at radius 1 is 0.952 bits per heavy atom. The third-order valence-corrected chi connectivity index (χ3v) is 2.58. The molecule has 0 aromatic heterocycles. The van der Waals surface area contributed by atoms with Crippen LogP contribution in [-0.4, -0.2) is 17.1 Å². The number of rotatable bonds is 3. The predicted molar refractivity (Wildman–Crippen MR) is 72.4 cm³/mol. The Hall–Kier alpha value is -2.96. The van der Waals surface area contributed by atoms with Crippen molar-refractivity contribution in [2.45, 2.75) is 0 Å². The molecule has 2 rings (SSSR count). The number of urea groups is 1. The highest BCUT2D eigenvalue weighted by Crippen LogP contribution is 2.19. The quantitative estimate of drug-likeness (QED) is 0.812. The third-order valence-electron chi connectivity index (χ3n) is 2.58. The average molecular weight is 292 g/mol. The van der Waals surface area contributed by atoms with Crippen LogP contribution in [0.25, 0.3) is 0 Å². The zero-order valence-electron chi connectivity index (χ0n) is 10.6. The molecule has 108 valence electrons. The molecule has 5 nitrogen and oxygen atoms in total. The van der Waals surface area contributed by atoms with Crippen LogP contribution in [0.2, 0.25) is 0 Å². The number of halogens is 2. The number of nitrogens with one attached hydrogen (secondary N) is 2. The first-order chi connectivity index (χ1) is 9.97. The summed E-state index contributed by atoms with van der Waals surface area (Å²) < 4.78 is 26.2. The van der Waals surface area contributed by atoms with Gasteiger partial charge in [0, 0.05) is 5.69 Å². The van der Waals surface area contributed by atoms with Crippen LogP contribution in [0.4, 0.5) is 25.0 Å². The molecule has 0 saturated heterocycles. The summed E-state index contributed by atoms with van der Waals surface area (Å²) in [5.74, 6) is -2.91. The van der Waals surface area contributed by atoms with Gasteiger partial charge in [0.2, 0.25) is 0 Å². The second kappa shape index (κ2) is 6.00. The lowest BCUT2D eigenvalue weighted by atomic mass is 10.1. The van der Waals surface area contributed by atoms with E-state index in [1.54, 1.807) is 0 Å². The molecule has 0 unspecified atom stereocenters. The molecule has 2 aromatic rings. The van der Waals surface area contributed by atoms with E-state index >= 15 is 0 Å². The number of carbonyl (C=O) groups excluding carboxylic acids is 1. The molecule has 0 heterocycles. The van der Waals surface area contributed by atoms with Gasteiger partial charge in [-0.2, -0.15) is 0 Å². The number of anilines is 2. The van der Waals surface area contributed by atoms with Crippen molar-refractivity contribution in [2.75, 3.05) is 10.6 Å². The summed E-state index contributed by atoms with van der Waals surface area (Å²) in [6, 6.07) is 7.71. The fraction of sp³-hybridized carbons (Fsp3) is 0. The molecule has 2 aromatic carbocycles. The Morgan fingerprint density at radius 3 is 2.24 bits per heavy atom. The zero-order valence-corrected chi connectivity index (χ0v) is 10.6. The minimum atomic E-state index is -1.50. The molecule has 0 fully saturated rings. The molecule has 21 heavy (non-hydrogen) atoms. The number of carboxylic acid groups (broad SMARTS) is 1. The lowest BCUT2D eigenvalue weighted by Gasteiger charge is -2.10. The molecule has 3 N–H and O–H groups in total. The van der Waals surface area contributed by atoms with E-state index in [-0.39, 0.29) is 5.69 Å². The van der Waals surface area contributed by atoms with Gasteiger partial charge >= 0.3 is 12.0 Å². The van der Waals surface area contributed by atoms with E-state index in [1.165, 1.54) is 24.3 Å². The van der Waals surface area contributed by atoms with Crippen LogP contribution in [0.1, 0.15) is 10.4 Å². The van der Waals surface area contributed by atoms with Gasteiger partial charge in [0.25, 0.3) is 0 Å². The monoisotopic (exact) mass is 292 g/mol. The maximum absolute atomic E-state index is 13.4. The predicted octanol–water partition coefficient (Wildman–Crippen LogP) is 3.31. The molecule has 0 atom stereocenters. The average Bonchev–Trinajstić information content (AvgIpc) is 2.41. The molecule has 0 saturated carbocycles. The highest BCUT2D eigenvalue weighted by Gasteiger charge is 2.17. The minimum absolute atomic E-state index is 0.179. The van der Waals surface area contributed by atoms with Crippen molar-refractivity contribution in [3.63, 3.8) is 0 Å². The van der Waals surface area contributed by atoms with Crippen LogP contribution < -0.4 is 10.6 Å². The number of aromatic carboxylic acids is 1. The Kier molecular flexibility index (Phi) is 4.13. The molecular weight excluding hydrogens is 282 g/mol. The summed E-state index contributed by atoms with van der Waals surface area (Å²) in [6.45, 7) is 0. The number of hydrogen-bond donors (Lipinski definition) is 3. The van der Waals surface area contributed by atoms with Crippen molar-refractivity contribution in [1.29, 1.82) is 0 Å². The van der Waals surface area contributed by atoms with E-state index in [1.807, 2.05) is 0 Å². The highest BCUT2D eigenvalue weighted by molar-refractivity contribution is 6.04. The van der Waals surface area contributed by atoms with Gasteiger partial charge in [0.05, 0.1) is 5.69 Å². The normalized spacial score (nSPS) is 10.0. The van der Waals surface area contributed by atoms with Crippen molar-refractivity contribution in [1.82, 2.24) is 0 Å². The van der Waals surface area contributed by atoms with E-state index in [0.29, 0.717) is 5.69 Å². The van der Waals surface area contributed by atoms with Gasteiger partial charge in [-0.25, -0.2) is 18.4 Å². The minimum Gasteiger partial charge on any atom is -0.478 e. The maximum Gasteiger partial charge on any atom is 0.340 e. The number of hydrogen-bond acceptors (Lipinski definition) is 2. The first kappa shape index (κ1) is 14.4. The number of carbonyl (C=O) groups is 2. The summed E-state index contributed by atoms with van der Waals surface area (Å²) in [7, 11) is 0. The van der Waals surface area contributed by atoms with Gasteiger partial charge in [-0.05, 0) is 36.4 Å². The summed E-state index contributed by atoms with van der Waals surface area (Å²) in [5.41, 5.74) is -0.504. The lowest BCUT2D eigenvalue weighted by molar-refractivity contribution is 0.0693. The molecule has 0 bridgehead atoms. The third kappa shape index (κ3) is 3.53. The molecule has 2 amide bonds. The summed E-state index contributed by atoms with van der Waals surface area (Å²) in [5, 5.41) is 13.5. The van der Waals surface area contributed by atoms with Gasteiger partial charge in [0.15, 0.2) is 0 Å². The molecule has 0 aliphatic rings. The first-order valence-corrected chi connectivity index (χ1v) is 5.83. The largest absolute Gasteiger partial charge is 0.478 e. The molecule has 0 aliphatic heterocycles. The Bertz CT molecular complexity index is 687. The SMILES string of the molecule is O=C(Nc1ccc(F)cc1)Nc1cccc(F)c1C(=O)O. The second-order valence-electron chi connectivity index (χ2n) is 4.05. The second-order valence-corrected chi connectivity index (χ2v) is 4.05. The topological polar surface area (TPSA) is 78.4 Å². The fourth-order valence-corrected chi connectivity index (χ4v) is 1.66. The van der Waals surface area contributed by atoms with Crippen molar-refractivity contribution in [3.8, 4) is 0 Å². The summed E-state index contributed by atoms with van der Waals surface area (Å²) >= 11 is 0. The highest BCUT2D eigenvalue weighted by atomic mass is 19.1. The first-order valence-electron chi connectivity index (χ1n) is 5.83. The van der Waals surface area contributed by atoms with Gasteiger partial charge < -0.3 is 15.7 Å². The van der Waals surface area contributed by atoms with Gasteiger partial charge in [-0.15, -0.1) is 0 Å². The van der Waals surface area contributed by atoms with E-state index in [0.717, 1.165) is 18.2 Å². The van der Waals surface area contributed by atoms with Crippen LogP contribution in [0.15, 0.2) is 42.5 Å². The van der Waals surface area contributed by atoms with Crippen molar-refractivity contribution >= 4 is 23.4 Å². The van der Waals surface area contributed by atoms with E-state index < -0.39 is 29.2 Å². The molecular formula is C14H10F2N2O3. The molecule has 7 heteroatoms. The van der Waals surface area contributed by atoms with Crippen LogP contribution in [0.3, 0.4) is 0 Å². The Labute approximate surface area is 118 Å². The van der Waals surface area contributed by atoms with Crippen LogP contribution in [0.5, 0.6) is 0 Å². The fourth-order valence-electron chi connectivity index (χ4n) is 1.66. The number of amides is 2. The van der Waals surface area contributed by atoms with E-state index in [9.17, 15) is 18.4 Å². The zero-order chi connectivity index (χ0) is 15.4. The molecule has 0 spiro atoms. The number of benzene rings is 2. The van der Waals surface area contributed by atoms with Gasteiger partial charge in [-0.1, -0.05) is 6.07 Å². The molecule has 0 aliphatic carbocycles. The van der Waals surface area contributed by atoms with Crippen molar-refractivity contribution < 1.29 is 23.5 Å². The standard InChI is InChI=1S/C14H10F2N2O3/c15-8-4-6-9(7-5-8)17-14(21)18-11-3-1-2-10(16)12(11)13(19)20/h1-7H,(H,19,20)(H2,17,18,21). The lowest BCUT2D eigenvalue weighted by Crippen LogP contribution is -2.21.